The lowest BCUT2D eigenvalue weighted by atomic mass is 9.82. The Hall–Kier alpha value is -1.78. The standard InChI is InChI=1S/C22H21ClF3N/c23-21-10-9-17(22(24,25)26)13-20(21)16-11-18-7-4-8-19(12-16)27(18)14-15-5-2-1-3-6-15/h1-3,5-6,9-11,13,18-19H,4,7-8,12,14H2. The van der Waals surface area contributed by atoms with Gasteiger partial charge in [-0.1, -0.05) is 54.4 Å². The summed E-state index contributed by atoms with van der Waals surface area (Å²) in [7, 11) is 0. The van der Waals surface area contributed by atoms with E-state index < -0.39 is 11.7 Å². The van der Waals surface area contributed by atoms with Gasteiger partial charge in [0.15, 0.2) is 0 Å². The van der Waals surface area contributed by atoms with E-state index in [1.54, 1.807) is 0 Å². The van der Waals surface area contributed by atoms with Crippen molar-refractivity contribution in [1.29, 1.82) is 0 Å². The van der Waals surface area contributed by atoms with Crippen LogP contribution in [0.2, 0.25) is 5.02 Å². The number of nitrogens with zero attached hydrogens (tertiary/aromatic N) is 1. The number of hydrogen-bond donors (Lipinski definition) is 0. The highest BCUT2D eigenvalue weighted by molar-refractivity contribution is 6.32. The molecule has 0 saturated carbocycles. The van der Waals surface area contributed by atoms with Crippen molar-refractivity contribution in [2.45, 2.75) is 50.5 Å². The maximum Gasteiger partial charge on any atom is 0.416 e. The Balaban J connectivity index is 1.65. The highest BCUT2D eigenvalue weighted by Crippen LogP contribution is 2.41. The molecule has 2 bridgehead atoms. The molecule has 2 unspecified atom stereocenters. The van der Waals surface area contributed by atoms with Crippen molar-refractivity contribution in [3.63, 3.8) is 0 Å². The van der Waals surface area contributed by atoms with Crippen LogP contribution >= 0.6 is 11.6 Å². The minimum atomic E-state index is -4.36. The number of halogens is 4. The van der Waals surface area contributed by atoms with Crippen molar-refractivity contribution in [1.82, 2.24) is 4.90 Å². The van der Waals surface area contributed by atoms with Crippen LogP contribution in [0.15, 0.2) is 54.6 Å². The molecular weight excluding hydrogens is 371 g/mol. The number of benzene rings is 2. The molecule has 5 heteroatoms. The second-order valence-electron chi connectivity index (χ2n) is 7.40. The van der Waals surface area contributed by atoms with E-state index in [0.29, 0.717) is 16.6 Å². The first-order valence-corrected chi connectivity index (χ1v) is 9.67. The second-order valence-corrected chi connectivity index (χ2v) is 7.81. The topological polar surface area (TPSA) is 3.24 Å². The van der Waals surface area contributed by atoms with Gasteiger partial charge < -0.3 is 0 Å². The maximum atomic E-state index is 13.1. The lowest BCUT2D eigenvalue weighted by Crippen LogP contribution is -2.47. The van der Waals surface area contributed by atoms with Gasteiger partial charge in [0.05, 0.1) is 5.56 Å². The van der Waals surface area contributed by atoms with Crippen LogP contribution in [0.5, 0.6) is 0 Å². The summed E-state index contributed by atoms with van der Waals surface area (Å²) in [6.07, 6.45) is 1.77. The maximum absolute atomic E-state index is 13.1. The zero-order chi connectivity index (χ0) is 19.0. The van der Waals surface area contributed by atoms with Crippen molar-refractivity contribution < 1.29 is 13.2 Å². The van der Waals surface area contributed by atoms with Gasteiger partial charge in [-0.05, 0) is 54.2 Å². The molecule has 0 radical (unpaired) electrons. The van der Waals surface area contributed by atoms with Gasteiger partial charge in [0.25, 0.3) is 0 Å². The third-order valence-corrected chi connectivity index (χ3v) is 5.96. The molecule has 2 aliphatic rings. The zero-order valence-corrected chi connectivity index (χ0v) is 15.6. The first-order valence-electron chi connectivity index (χ1n) is 9.29. The van der Waals surface area contributed by atoms with Crippen LogP contribution in [0.25, 0.3) is 5.57 Å². The normalized spacial score (nSPS) is 23.2. The summed E-state index contributed by atoms with van der Waals surface area (Å²) in [6, 6.07) is 14.6. The predicted molar refractivity (Wildman–Crippen MR) is 102 cm³/mol. The summed E-state index contributed by atoms with van der Waals surface area (Å²) in [5, 5.41) is 0.392. The molecular formula is C22H21ClF3N. The molecule has 1 fully saturated rings. The Bertz CT molecular complexity index is 844. The summed E-state index contributed by atoms with van der Waals surface area (Å²) >= 11 is 6.28. The summed E-state index contributed by atoms with van der Waals surface area (Å²) in [5.41, 5.74) is 2.11. The van der Waals surface area contributed by atoms with E-state index in [0.717, 1.165) is 43.9 Å². The highest BCUT2D eigenvalue weighted by atomic mass is 35.5. The zero-order valence-electron chi connectivity index (χ0n) is 14.8. The van der Waals surface area contributed by atoms with Crippen LogP contribution in [0, 0.1) is 0 Å². The molecule has 2 aliphatic heterocycles. The highest BCUT2D eigenvalue weighted by Gasteiger charge is 2.36. The number of fused-ring (bicyclic) bond motifs is 2. The van der Waals surface area contributed by atoms with Crippen LogP contribution in [0.1, 0.15) is 42.4 Å². The van der Waals surface area contributed by atoms with Gasteiger partial charge >= 0.3 is 6.18 Å². The molecule has 1 saturated heterocycles. The largest absolute Gasteiger partial charge is 0.416 e. The Morgan fingerprint density at radius 2 is 1.81 bits per heavy atom. The minimum absolute atomic E-state index is 0.248. The van der Waals surface area contributed by atoms with Crippen LogP contribution < -0.4 is 0 Å². The Labute approximate surface area is 162 Å². The Morgan fingerprint density at radius 3 is 2.52 bits per heavy atom. The van der Waals surface area contributed by atoms with Gasteiger partial charge in [0.2, 0.25) is 0 Å². The van der Waals surface area contributed by atoms with E-state index in [1.807, 2.05) is 18.2 Å². The smallest absolute Gasteiger partial charge is 0.289 e. The van der Waals surface area contributed by atoms with Crippen LogP contribution in [-0.2, 0) is 12.7 Å². The third-order valence-electron chi connectivity index (χ3n) is 5.63. The predicted octanol–water partition coefficient (Wildman–Crippen LogP) is 6.57. The lowest BCUT2D eigenvalue weighted by molar-refractivity contribution is -0.137. The van der Waals surface area contributed by atoms with Gasteiger partial charge in [-0.15, -0.1) is 0 Å². The van der Waals surface area contributed by atoms with Crippen molar-refractivity contribution >= 4 is 17.2 Å². The first kappa shape index (κ1) is 18.6. The Morgan fingerprint density at radius 1 is 1.04 bits per heavy atom. The van der Waals surface area contributed by atoms with E-state index in [-0.39, 0.29) is 6.04 Å². The third kappa shape index (κ3) is 3.92. The minimum Gasteiger partial charge on any atom is -0.289 e. The average Bonchev–Trinajstić information content (AvgIpc) is 2.62. The molecule has 2 heterocycles. The van der Waals surface area contributed by atoms with Gasteiger partial charge in [-0.25, -0.2) is 0 Å². The molecule has 0 spiro atoms. The summed E-state index contributed by atoms with van der Waals surface area (Å²) in [4.78, 5) is 2.49. The van der Waals surface area contributed by atoms with Crippen molar-refractivity contribution in [2.75, 3.05) is 0 Å². The van der Waals surface area contributed by atoms with Crippen molar-refractivity contribution in [3.05, 3.63) is 76.3 Å². The molecule has 0 N–H and O–H groups in total. The molecule has 27 heavy (non-hydrogen) atoms. The molecule has 1 nitrogen and oxygen atoms in total. The average molecular weight is 392 g/mol. The fraction of sp³-hybridized carbons (Fsp3) is 0.364. The number of rotatable bonds is 3. The summed E-state index contributed by atoms with van der Waals surface area (Å²) in [6.45, 7) is 0.871. The summed E-state index contributed by atoms with van der Waals surface area (Å²) in [5.74, 6) is 0. The van der Waals surface area contributed by atoms with E-state index in [1.165, 1.54) is 17.7 Å². The van der Waals surface area contributed by atoms with E-state index in [2.05, 4.69) is 23.1 Å². The van der Waals surface area contributed by atoms with Crippen molar-refractivity contribution in [3.8, 4) is 0 Å². The van der Waals surface area contributed by atoms with Crippen molar-refractivity contribution in [2.24, 2.45) is 0 Å². The van der Waals surface area contributed by atoms with E-state index in [9.17, 15) is 13.2 Å². The fourth-order valence-electron chi connectivity index (χ4n) is 4.31. The molecule has 2 aromatic rings. The number of piperidine rings is 1. The second kappa shape index (κ2) is 7.33. The van der Waals surface area contributed by atoms with Gasteiger partial charge in [-0.3, -0.25) is 4.90 Å². The van der Waals surface area contributed by atoms with Crippen LogP contribution in [0.3, 0.4) is 0 Å². The molecule has 142 valence electrons. The van der Waals surface area contributed by atoms with Crippen LogP contribution in [0.4, 0.5) is 13.2 Å². The number of alkyl halides is 3. The summed E-state index contributed by atoms with van der Waals surface area (Å²) < 4.78 is 39.4. The monoisotopic (exact) mass is 391 g/mol. The molecule has 0 amide bonds. The molecule has 2 aromatic carbocycles. The first-order chi connectivity index (χ1) is 12.9. The van der Waals surface area contributed by atoms with Gasteiger partial charge in [0, 0.05) is 23.7 Å². The van der Waals surface area contributed by atoms with Gasteiger partial charge in [0.1, 0.15) is 0 Å². The molecule has 2 atom stereocenters. The van der Waals surface area contributed by atoms with Crippen LogP contribution in [-0.4, -0.2) is 17.0 Å². The van der Waals surface area contributed by atoms with E-state index in [4.69, 9.17) is 11.6 Å². The quantitative estimate of drug-likeness (QED) is 0.572. The molecule has 0 aliphatic carbocycles. The Kier molecular flexibility index (Phi) is 5.04. The van der Waals surface area contributed by atoms with Gasteiger partial charge in [-0.2, -0.15) is 13.2 Å². The SMILES string of the molecule is FC(F)(F)c1ccc(Cl)c(C2=CC3CCCC(C2)N3Cc2ccccc2)c1. The molecule has 0 aromatic heterocycles. The van der Waals surface area contributed by atoms with E-state index >= 15 is 0 Å². The molecule has 4 rings (SSSR count). The lowest BCUT2D eigenvalue weighted by Gasteiger charge is -2.45. The number of hydrogen-bond acceptors (Lipinski definition) is 1. The fourth-order valence-corrected chi connectivity index (χ4v) is 4.54.